The maximum atomic E-state index is 7.92. The Morgan fingerprint density at radius 3 is 1.64 bits per heavy atom. The molecule has 0 aliphatic heterocycles. The largest absolute Gasteiger partial charge is 0.278 e. The molecule has 0 radical (unpaired) electrons. The predicted octanol–water partition coefficient (Wildman–Crippen LogP) is 4.94. The van der Waals surface area contributed by atoms with Crippen molar-refractivity contribution in [1.82, 2.24) is 17.9 Å². The fourth-order valence-corrected chi connectivity index (χ4v) is 4.34. The molecule has 2 heterocycles. The van der Waals surface area contributed by atoms with Gasteiger partial charge in [-0.3, -0.25) is 18.7 Å². The molecule has 3 rings (SSSR count). The van der Waals surface area contributed by atoms with Gasteiger partial charge in [0, 0.05) is 24.2 Å². The SMILES string of the molecule is CCCCn1sc(=N)nc1-c1cccc(-c2nc(=N)sn2CCCC)c1.Cl.Cl. The van der Waals surface area contributed by atoms with Crippen LogP contribution in [0.25, 0.3) is 22.8 Å². The van der Waals surface area contributed by atoms with Crippen LogP contribution in [0.3, 0.4) is 0 Å². The van der Waals surface area contributed by atoms with Crippen molar-refractivity contribution < 1.29 is 0 Å². The van der Waals surface area contributed by atoms with Crippen LogP contribution >= 0.6 is 47.9 Å². The van der Waals surface area contributed by atoms with Gasteiger partial charge in [0.05, 0.1) is 0 Å². The molecule has 0 spiro atoms. The summed E-state index contributed by atoms with van der Waals surface area (Å²) in [5.41, 5.74) is 1.99. The highest BCUT2D eigenvalue weighted by Gasteiger charge is 2.13. The summed E-state index contributed by atoms with van der Waals surface area (Å²) in [6, 6.07) is 8.15. The third-order valence-electron chi connectivity index (χ3n) is 4.09. The van der Waals surface area contributed by atoms with Crippen molar-refractivity contribution in [1.29, 1.82) is 10.8 Å². The van der Waals surface area contributed by atoms with Gasteiger partial charge in [-0.25, -0.2) is 0 Å². The van der Waals surface area contributed by atoms with Crippen molar-refractivity contribution >= 4 is 47.9 Å². The molecule has 0 fully saturated rings. The topological polar surface area (TPSA) is 83.3 Å². The first-order valence-electron chi connectivity index (χ1n) is 8.98. The second-order valence-electron chi connectivity index (χ2n) is 6.16. The molecule has 0 saturated heterocycles. The van der Waals surface area contributed by atoms with Crippen molar-refractivity contribution in [2.45, 2.75) is 52.6 Å². The molecular weight excluding hydrogens is 435 g/mol. The fourth-order valence-electron chi connectivity index (χ4n) is 2.76. The number of halogens is 2. The van der Waals surface area contributed by atoms with Crippen molar-refractivity contribution in [2.75, 3.05) is 0 Å². The average molecular weight is 461 g/mol. The van der Waals surface area contributed by atoms with Crippen LogP contribution in [0.4, 0.5) is 0 Å². The molecule has 0 aliphatic carbocycles. The van der Waals surface area contributed by atoms with Gasteiger partial charge in [0.2, 0.25) is 9.60 Å². The molecule has 3 aromatic rings. The van der Waals surface area contributed by atoms with E-state index in [1.165, 1.54) is 23.1 Å². The lowest BCUT2D eigenvalue weighted by atomic mass is 10.1. The van der Waals surface area contributed by atoms with Crippen LogP contribution in [-0.2, 0) is 13.1 Å². The molecule has 0 unspecified atom stereocenters. The first-order chi connectivity index (χ1) is 12.6. The minimum absolute atomic E-state index is 0. The van der Waals surface area contributed by atoms with Gasteiger partial charge in [-0.05, 0) is 42.0 Å². The summed E-state index contributed by atoms with van der Waals surface area (Å²) in [6.45, 7) is 6.10. The molecule has 10 heteroatoms. The summed E-state index contributed by atoms with van der Waals surface area (Å²) in [5.74, 6) is 1.69. The third-order valence-corrected chi connectivity index (χ3v) is 5.77. The van der Waals surface area contributed by atoms with Crippen molar-refractivity contribution in [2.24, 2.45) is 0 Å². The monoisotopic (exact) mass is 460 g/mol. The molecule has 0 bridgehead atoms. The summed E-state index contributed by atoms with van der Waals surface area (Å²) in [7, 11) is 0. The summed E-state index contributed by atoms with van der Waals surface area (Å²) < 4.78 is 4.21. The first kappa shape index (κ1) is 24.6. The van der Waals surface area contributed by atoms with E-state index in [9.17, 15) is 0 Å². The normalized spacial score (nSPS) is 10.4. The van der Waals surface area contributed by atoms with Gasteiger partial charge in [-0.1, -0.05) is 44.9 Å². The quantitative estimate of drug-likeness (QED) is 0.498. The summed E-state index contributed by atoms with van der Waals surface area (Å²) in [5, 5.41) is 15.8. The van der Waals surface area contributed by atoms with E-state index in [0.29, 0.717) is 9.60 Å². The number of aromatic nitrogens is 4. The summed E-state index contributed by atoms with van der Waals surface area (Å²) in [4.78, 5) is 9.53. The lowest BCUT2D eigenvalue weighted by Crippen LogP contribution is -2.00. The van der Waals surface area contributed by atoms with Crippen LogP contribution in [0.15, 0.2) is 24.3 Å². The van der Waals surface area contributed by atoms with E-state index in [2.05, 4.69) is 37.8 Å². The van der Waals surface area contributed by atoms with Crippen molar-refractivity contribution in [3.05, 3.63) is 33.9 Å². The first-order valence-corrected chi connectivity index (χ1v) is 10.5. The Labute approximate surface area is 185 Å². The molecule has 2 N–H and O–H groups in total. The van der Waals surface area contributed by atoms with Gasteiger partial charge >= 0.3 is 0 Å². The maximum Gasteiger partial charge on any atom is 0.219 e. The lowest BCUT2D eigenvalue weighted by molar-refractivity contribution is 0.669. The van der Waals surface area contributed by atoms with Gasteiger partial charge in [0.15, 0.2) is 11.6 Å². The molecule has 0 aliphatic rings. The molecule has 28 heavy (non-hydrogen) atoms. The average Bonchev–Trinajstić information content (AvgIpc) is 3.20. The standard InChI is InChI=1S/C18H24N6S2.2ClH/c1-3-5-10-23-15(21-17(19)25-23)13-8-7-9-14(12-13)16-22-18(20)26-24(16)11-6-4-2;;/h7-9,12,19-20H,3-6,10-11H2,1-2H3;2*1H. The second kappa shape index (κ2) is 11.5. The van der Waals surface area contributed by atoms with E-state index in [1.54, 1.807) is 0 Å². The Morgan fingerprint density at radius 1 is 0.821 bits per heavy atom. The third kappa shape index (κ3) is 5.76. The summed E-state index contributed by atoms with van der Waals surface area (Å²) >= 11 is 2.79. The maximum absolute atomic E-state index is 7.92. The summed E-state index contributed by atoms with van der Waals surface area (Å²) in [6.07, 6.45) is 4.37. The Bertz CT molecular complexity index is 913. The number of hydrogen-bond acceptors (Lipinski definition) is 6. The number of aryl methyl sites for hydroxylation is 2. The minimum atomic E-state index is 0. The molecule has 0 amide bonds. The van der Waals surface area contributed by atoms with Gasteiger partial charge in [-0.2, -0.15) is 9.97 Å². The molecule has 6 nitrogen and oxygen atoms in total. The Balaban J connectivity index is 0.00000196. The molecule has 0 saturated carbocycles. The molecule has 1 aromatic carbocycles. The number of nitrogens with one attached hydrogen (secondary N) is 2. The van der Waals surface area contributed by atoms with Gasteiger partial charge in [0.1, 0.15) is 0 Å². The smallest absolute Gasteiger partial charge is 0.219 e. The van der Waals surface area contributed by atoms with Crippen LogP contribution < -0.4 is 9.60 Å². The van der Waals surface area contributed by atoms with Crippen LogP contribution in [0.1, 0.15) is 39.5 Å². The highest BCUT2D eigenvalue weighted by atomic mass is 35.5. The van der Waals surface area contributed by atoms with Crippen LogP contribution in [-0.4, -0.2) is 17.9 Å². The number of unbranched alkanes of at least 4 members (excludes halogenated alkanes) is 2. The number of benzene rings is 1. The Hall–Kier alpha value is -1.48. The van der Waals surface area contributed by atoms with E-state index in [1.807, 2.05) is 18.2 Å². The number of nitrogens with zero attached hydrogens (tertiary/aromatic N) is 4. The van der Waals surface area contributed by atoms with Gasteiger partial charge in [0.25, 0.3) is 0 Å². The Kier molecular flexibility index (Phi) is 10.1. The van der Waals surface area contributed by atoms with E-state index in [-0.39, 0.29) is 24.8 Å². The highest BCUT2D eigenvalue weighted by Crippen LogP contribution is 2.25. The lowest BCUT2D eigenvalue weighted by Gasteiger charge is -2.09. The van der Waals surface area contributed by atoms with Gasteiger partial charge < -0.3 is 0 Å². The molecule has 154 valence electrons. The Morgan fingerprint density at radius 2 is 1.25 bits per heavy atom. The zero-order valence-corrected chi connectivity index (χ0v) is 19.2. The van der Waals surface area contributed by atoms with E-state index in [4.69, 9.17) is 10.8 Å². The highest BCUT2D eigenvalue weighted by molar-refractivity contribution is 7.03. The number of rotatable bonds is 8. The van der Waals surface area contributed by atoms with E-state index in [0.717, 1.165) is 61.5 Å². The van der Waals surface area contributed by atoms with Crippen LogP contribution in [0.2, 0.25) is 0 Å². The van der Waals surface area contributed by atoms with Crippen LogP contribution in [0.5, 0.6) is 0 Å². The van der Waals surface area contributed by atoms with Crippen molar-refractivity contribution in [3.63, 3.8) is 0 Å². The number of hydrogen-bond donors (Lipinski definition) is 2. The molecule has 0 atom stereocenters. The fraction of sp³-hybridized carbons (Fsp3) is 0.444. The second-order valence-corrected chi connectivity index (χ2v) is 8.18. The van der Waals surface area contributed by atoms with Crippen molar-refractivity contribution in [3.8, 4) is 22.8 Å². The zero-order valence-electron chi connectivity index (χ0n) is 16.0. The van der Waals surface area contributed by atoms with Crippen LogP contribution in [0, 0.1) is 10.8 Å². The van der Waals surface area contributed by atoms with E-state index >= 15 is 0 Å². The minimum Gasteiger partial charge on any atom is -0.278 e. The molecule has 2 aromatic heterocycles. The zero-order chi connectivity index (χ0) is 18.5. The predicted molar refractivity (Wildman–Crippen MR) is 121 cm³/mol. The van der Waals surface area contributed by atoms with Gasteiger partial charge in [-0.15, -0.1) is 24.8 Å². The van der Waals surface area contributed by atoms with E-state index < -0.39 is 0 Å². The molecular formula is C18H26Cl2N6S2.